The van der Waals surface area contributed by atoms with E-state index in [9.17, 15) is 14.9 Å². The molecule has 0 spiro atoms. The Kier molecular flexibility index (Phi) is 5.58. The average Bonchev–Trinajstić information content (AvgIpc) is 3.25. The van der Waals surface area contributed by atoms with E-state index < -0.39 is 10.8 Å². The maximum absolute atomic E-state index is 12.8. The van der Waals surface area contributed by atoms with Crippen LogP contribution in [-0.2, 0) is 0 Å². The SMILES string of the molecule is COc1ccc(OC)c(-c2csc(NC(=O)c3cc4c(cc3[N+](=O)[O-])OCCO4)n2)c1. The van der Waals surface area contributed by atoms with Gasteiger partial charge in [0.25, 0.3) is 11.6 Å². The highest BCUT2D eigenvalue weighted by atomic mass is 32.1. The topological polar surface area (TPSA) is 122 Å². The molecule has 1 aliphatic rings. The summed E-state index contributed by atoms with van der Waals surface area (Å²) < 4.78 is 21.4. The monoisotopic (exact) mass is 443 g/mol. The number of rotatable bonds is 6. The van der Waals surface area contributed by atoms with E-state index in [1.54, 1.807) is 37.8 Å². The van der Waals surface area contributed by atoms with Crippen LogP contribution in [0.2, 0.25) is 0 Å². The van der Waals surface area contributed by atoms with Crippen LogP contribution in [0.1, 0.15) is 10.4 Å². The Hall–Kier alpha value is -3.86. The predicted molar refractivity (Wildman–Crippen MR) is 113 cm³/mol. The van der Waals surface area contributed by atoms with E-state index in [2.05, 4.69) is 10.3 Å². The third-order valence-corrected chi connectivity index (χ3v) is 5.27. The highest BCUT2D eigenvalue weighted by molar-refractivity contribution is 7.14. The largest absolute Gasteiger partial charge is 0.497 e. The lowest BCUT2D eigenvalue weighted by molar-refractivity contribution is -0.385. The molecule has 0 saturated carbocycles. The number of benzene rings is 2. The predicted octanol–water partition coefficient (Wildman–Crippen LogP) is 3.76. The van der Waals surface area contributed by atoms with E-state index in [1.807, 2.05) is 0 Å². The standard InChI is InChI=1S/C20H17N3O7S/c1-27-11-3-4-16(28-2)12(7-11)14-10-31-20(21-14)22-19(24)13-8-17-18(30-6-5-29-17)9-15(13)23(25)26/h3-4,7-10H,5-6H2,1-2H3,(H,21,22,24). The molecule has 0 radical (unpaired) electrons. The van der Waals surface area contributed by atoms with Crippen molar-refractivity contribution < 1.29 is 28.7 Å². The fraction of sp³-hybridized carbons (Fsp3) is 0.200. The normalized spacial score (nSPS) is 12.2. The number of nitrogens with zero attached hydrogens (tertiary/aromatic N) is 2. The van der Waals surface area contributed by atoms with Gasteiger partial charge in [0, 0.05) is 17.0 Å². The number of carbonyl (C=O) groups excluding carboxylic acids is 1. The van der Waals surface area contributed by atoms with E-state index in [0.717, 1.165) is 0 Å². The Balaban J connectivity index is 1.63. The van der Waals surface area contributed by atoms with Gasteiger partial charge in [-0.15, -0.1) is 11.3 Å². The summed E-state index contributed by atoms with van der Waals surface area (Å²) in [5, 5.41) is 16.1. The average molecular weight is 443 g/mol. The number of ether oxygens (including phenoxy) is 4. The van der Waals surface area contributed by atoms with E-state index >= 15 is 0 Å². The molecule has 11 heteroatoms. The minimum Gasteiger partial charge on any atom is -0.497 e. The summed E-state index contributed by atoms with van der Waals surface area (Å²) in [4.78, 5) is 28.1. The number of anilines is 1. The Morgan fingerprint density at radius 2 is 1.90 bits per heavy atom. The molecule has 0 atom stereocenters. The highest BCUT2D eigenvalue weighted by Gasteiger charge is 2.27. The van der Waals surface area contributed by atoms with Crippen LogP contribution in [-0.4, -0.2) is 43.2 Å². The lowest BCUT2D eigenvalue weighted by Crippen LogP contribution is -2.18. The van der Waals surface area contributed by atoms with Gasteiger partial charge in [-0.1, -0.05) is 0 Å². The Labute approximate surface area is 180 Å². The van der Waals surface area contributed by atoms with Crippen LogP contribution in [0.15, 0.2) is 35.7 Å². The Bertz CT molecular complexity index is 1160. The van der Waals surface area contributed by atoms with Gasteiger partial charge in [-0.25, -0.2) is 4.98 Å². The van der Waals surface area contributed by atoms with Gasteiger partial charge < -0.3 is 18.9 Å². The molecule has 0 saturated heterocycles. The highest BCUT2D eigenvalue weighted by Crippen LogP contribution is 2.38. The van der Waals surface area contributed by atoms with Gasteiger partial charge in [-0.2, -0.15) is 0 Å². The van der Waals surface area contributed by atoms with Crippen molar-refractivity contribution in [2.45, 2.75) is 0 Å². The number of nitro benzene ring substituents is 1. The first-order valence-electron chi connectivity index (χ1n) is 9.07. The van der Waals surface area contributed by atoms with E-state index in [-0.39, 0.29) is 34.5 Å². The van der Waals surface area contributed by atoms with Crippen molar-refractivity contribution >= 4 is 28.1 Å². The fourth-order valence-electron chi connectivity index (χ4n) is 3.04. The molecular formula is C20H17N3O7S. The molecule has 0 unspecified atom stereocenters. The Morgan fingerprint density at radius 3 is 2.58 bits per heavy atom. The molecule has 4 rings (SSSR count). The molecule has 1 N–H and O–H groups in total. The maximum atomic E-state index is 12.8. The number of carbonyl (C=O) groups is 1. The molecule has 160 valence electrons. The third-order valence-electron chi connectivity index (χ3n) is 4.51. The number of thiazole rings is 1. The first-order valence-corrected chi connectivity index (χ1v) is 9.95. The molecule has 10 nitrogen and oxygen atoms in total. The quantitative estimate of drug-likeness (QED) is 0.451. The summed E-state index contributed by atoms with van der Waals surface area (Å²) in [7, 11) is 3.10. The molecule has 3 aromatic rings. The number of aromatic nitrogens is 1. The van der Waals surface area contributed by atoms with Crippen LogP contribution >= 0.6 is 11.3 Å². The molecule has 0 aliphatic carbocycles. The maximum Gasteiger partial charge on any atom is 0.286 e. The molecule has 0 bridgehead atoms. The zero-order valence-electron chi connectivity index (χ0n) is 16.5. The first kappa shape index (κ1) is 20.4. The molecule has 2 heterocycles. The number of nitrogens with one attached hydrogen (secondary N) is 1. The van der Waals surface area contributed by atoms with Crippen LogP contribution in [0.25, 0.3) is 11.3 Å². The van der Waals surface area contributed by atoms with Crippen LogP contribution in [0.4, 0.5) is 10.8 Å². The molecule has 1 aromatic heterocycles. The van der Waals surface area contributed by atoms with E-state index in [4.69, 9.17) is 18.9 Å². The van der Waals surface area contributed by atoms with Crippen LogP contribution in [0.5, 0.6) is 23.0 Å². The van der Waals surface area contributed by atoms with Crippen LogP contribution < -0.4 is 24.3 Å². The number of hydrogen-bond acceptors (Lipinski definition) is 9. The van der Waals surface area contributed by atoms with Crippen molar-refractivity contribution in [3.63, 3.8) is 0 Å². The van der Waals surface area contributed by atoms with Crippen LogP contribution in [0, 0.1) is 10.1 Å². The molecular weight excluding hydrogens is 426 g/mol. The van der Waals surface area contributed by atoms with Crippen molar-refractivity contribution in [1.29, 1.82) is 0 Å². The van der Waals surface area contributed by atoms with Crippen molar-refractivity contribution in [3.05, 3.63) is 51.4 Å². The van der Waals surface area contributed by atoms with E-state index in [0.29, 0.717) is 29.4 Å². The minimum atomic E-state index is -0.679. The van der Waals surface area contributed by atoms with Crippen molar-refractivity contribution in [1.82, 2.24) is 4.98 Å². The smallest absolute Gasteiger partial charge is 0.286 e. The summed E-state index contributed by atoms with van der Waals surface area (Å²) >= 11 is 1.18. The molecule has 1 aliphatic heterocycles. The van der Waals surface area contributed by atoms with Gasteiger partial charge in [-0.3, -0.25) is 20.2 Å². The number of fused-ring (bicyclic) bond motifs is 1. The van der Waals surface area contributed by atoms with Gasteiger partial charge in [0.2, 0.25) is 0 Å². The van der Waals surface area contributed by atoms with Gasteiger partial charge in [0.1, 0.15) is 30.3 Å². The van der Waals surface area contributed by atoms with Gasteiger partial charge >= 0.3 is 0 Å². The first-order chi connectivity index (χ1) is 15.0. The molecule has 31 heavy (non-hydrogen) atoms. The second-order valence-corrected chi connectivity index (χ2v) is 7.19. The lowest BCUT2D eigenvalue weighted by Gasteiger charge is -2.18. The van der Waals surface area contributed by atoms with Crippen molar-refractivity contribution in [2.75, 3.05) is 32.8 Å². The Morgan fingerprint density at radius 1 is 1.16 bits per heavy atom. The summed E-state index contributed by atoms with van der Waals surface area (Å²) in [6.07, 6.45) is 0. The van der Waals surface area contributed by atoms with Gasteiger partial charge in [-0.05, 0) is 18.2 Å². The minimum absolute atomic E-state index is 0.148. The molecule has 1 amide bonds. The van der Waals surface area contributed by atoms with Crippen molar-refractivity contribution in [3.8, 4) is 34.3 Å². The zero-order chi connectivity index (χ0) is 22.0. The van der Waals surface area contributed by atoms with E-state index in [1.165, 1.54) is 23.5 Å². The zero-order valence-corrected chi connectivity index (χ0v) is 17.4. The summed E-state index contributed by atoms with van der Waals surface area (Å²) in [5.41, 5.74) is 0.717. The second kappa shape index (κ2) is 8.48. The van der Waals surface area contributed by atoms with Crippen molar-refractivity contribution in [2.24, 2.45) is 0 Å². The molecule has 0 fully saturated rings. The fourth-order valence-corrected chi connectivity index (χ4v) is 3.75. The lowest BCUT2D eigenvalue weighted by atomic mass is 10.1. The number of amides is 1. The number of nitro groups is 1. The summed E-state index contributed by atoms with van der Waals surface area (Å²) in [5.74, 6) is 1.05. The number of methoxy groups -OCH3 is 2. The van der Waals surface area contributed by atoms with Crippen LogP contribution in [0.3, 0.4) is 0 Å². The van der Waals surface area contributed by atoms with Gasteiger partial charge in [0.05, 0.1) is 30.9 Å². The second-order valence-electron chi connectivity index (χ2n) is 6.33. The molecule has 2 aromatic carbocycles. The number of hydrogen-bond donors (Lipinski definition) is 1. The summed E-state index contributed by atoms with van der Waals surface area (Å²) in [6.45, 7) is 0.579. The van der Waals surface area contributed by atoms with Gasteiger partial charge in [0.15, 0.2) is 16.6 Å². The summed E-state index contributed by atoms with van der Waals surface area (Å²) in [6, 6.07) is 7.78. The third kappa shape index (κ3) is 4.08.